The Morgan fingerprint density at radius 3 is 2.71 bits per heavy atom. The molecule has 5 nitrogen and oxygen atoms in total. The van der Waals surface area contributed by atoms with Crippen LogP contribution >= 0.6 is 34.9 Å². The van der Waals surface area contributed by atoms with Crippen molar-refractivity contribution in [2.75, 3.05) is 17.6 Å². The molecule has 0 bridgehead atoms. The van der Waals surface area contributed by atoms with Crippen LogP contribution in [0, 0.1) is 0 Å². The molecule has 0 saturated carbocycles. The number of anilines is 2. The lowest BCUT2D eigenvalue weighted by molar-refractivity contribution is -0.118. The topological polar surface area (TPSA) is 66.9 Å². The molecule has 1 amide bonds. The minimum absolute atomic E-state index is 0.0290. The number of benzene rings is 1. The second kappa shape index (κ2) is 9.80. The normalized spacial score (nSPS) is 10.8. The fourth-order valence-corrected chi connectivity index (χ4v) is 3.71. The summed E-state index contributed by atoms with van der Waals surface area (Å²) in [4.78, 5) is 12.0. The zero-order chi connectivity index (χ0) is 17.4. The lowest BCUT2D eigenvalue weighted by Gasteiger charge is -2.03. The van der Waals surface area contributed by atoms with Gasteiger partial charge in [-0.3, -0.25) is 4.79 Å². The Kier molecular flexibility index (Phi) is 7.73. The summed E-state index contributed by atoms with van der Waals surface area (Å²) in [6.07, 6.45) is 0.901. The average molecular weight is 391 g/mol. The van der Waals surface area contributed by atoms with E-state index in [1.807, 2.05) is 6.92 Å². The van der Waals surface area contributed by atoms with Crippen LogP contribution in [0.3, 0.4) is 0 Å². The molecule has 0 atom stereocenters. The number of aromatic nitrogens is 2. The summed E-state index contributed by atoms with van der Waals surface area (Å²) in [5.74, 6) is -2.16. The summed E-state index contributed by atoms with van der Waals surface area (Å²) < 4.78 is 25.2. The van der Waals surface area contributed by atoms with E-state index >= 15 is 0 Å². The number of hydrogen-bond acceptors (Lipinski definition) is 7. The van der Waals surface area contributed by atoms with Gasteiger partial charge in [0.25, 0.3) is 5.76 Å². The van der Waals surface area contributed by atoms with E-state index in [1.165, 1.54) is 23.1 Å². The molecule has 1 aromatic heterocycles. The SMILES string of the molecule is CCCNC(=O)CSc1nnc(Nc2ccc(SC(F)F)cc2)s1. The molecule has 0 aliphatic carbocycles. The van der Waals surface area contributed by atoms with E-state index in [0.717, 1.165) is 12.1 Å². The molecule has 1 aromatic carbocycles. The van der Waals surface area contributed by atoms with Gasteiger partial charge in [0.15, 0.2) is 4.34 Å². The molecule has 0 fully saturated rings. The fraction of sp³-hybridized carbons (Fsp3) is 0.357. The first-order chi connectivity index (χ1) is 11.6. The molecule has 10 heteroatoms. The third-order valence-corrected chi connectivity index (χ3v) is 5.33. The third-order valence-electron chi connectivity index (χ3n) is 2.64. The van der Waals surface area contributed by atoms with Crippen LogP contribution in [0.4, 0.5) is 19.6 Å². The summed E-state index contributed by atoms with van der Waals surface area (Å²) in [6.45, 7) is 2.66. The van der Waals surface area contributed by atoms with Crippen molar-refractivity contribution in [3.63, 3.8) is 0 Å². The van der Waals surface area contributed by atoms with E-state index in [0.29, 0.717) is 38.4 Å². The van der Waals surface area contributed by atoms with Gasteiger partial charge in [-0.1, -0.05) is 41.8 Å². The van der Waals surface area contributed by atoms with Crippen molar-refractivity contribution in [3.8, 4) is 0 Å². The molecule has 0 saturated heterocycles. The van der Waals surface area contributed by atoms with Crippen LogP contribution in [0.2, 0.25) is 0 Å². The number of hydrogen-bond donors (Lipinski definition) is 2. The maximum atomic E-state index is 12.3. The van der Waals surface area contributed by atoms with Gasteiger partial charge in [-0.2, -0.15) is 8.78 Å². The Labute approximate surface area is 151 Å². The van der Waals surface area contributed by atoms with Crippen LogP contribution < -0.4 is 10.6 Å². The molecule has 0 unspecified atom stereocenters. The number of alkyl halides is 2. The molecule has 0 aliphatic heterocycles. The molecule has 2 aromatic rings. The van der Waals surface area contributed by atoms with Gasteiger partial charge in [-0.15, -0.1) is 10.2 Å². The van der Waals surface area contributed by atoms with E-state index in [1.54, 1.807) is 24.3 Å². The van der Waals surface area contributed by atoms with Crippen molar-refractivity contribution >= 4 is 51.6 Å². The quantitative estimate of drug-likeness (QED) is 0.625. The van der Waals surface area contributed by atoms with Crippen molar-refractivity contribution in [1.82, 2.24) is 15.5 Å². The highest BCUT2D eigenvalue weighted by Gasteiger charge is 2.09. The third kappa shape index (κ3) is 6.62. The predicted molar refractivity (Wildman–Crippen MR) is 95.5 cm³/mol. The molecule has 2 rings (SSSR count). The fourth-order valence-electron chi connectivity index (χ4n) is 1.60. The van der Waals surface area contributed by atoms with E-state index in [9.17, 15) is 13.6 Å². The van der Waals surface area contributed by atoms with Crippen molar-refractivity contribution in [1.29, 1.82) is 0 Å². The van der Waals surface area contributed by atoms with E-state index in [-0.39, 0.29) is 5.91 Å². The Morgan fingerprint density at radius 2 is 2.04 bits per heavy atom. The monoisotopic (exact) mass is 390 g/mol. The van der Waals surface area contributed by atoms with Gasteiger partial charge in [0.2, 0.25) is 11.0 Å². The van der Waals surface area contributed by atoms with Gasteiger partial charge >= 0.3 is 0 Å². The predicted octanol–water partition coefficient (Wildman–Crippen LogP) is 4.21. The highest BCUT2D eigenvalue weighted by molar-refractivity contribution is 8.01. The van der Waals surface area contributed by atoms with Crippen LogP contribution in [0.1, 0.15) is 13.3 Å². The molecular weight excluding hydrogens is 374 g/mol. The van der Waals surface area contributed by atoms with Gasteiger partial charge in [0, 0.05) is 17.1 Å². The van der Waals surface area contributed by atoms with Crippen LogP contribution in [-0.2, 0) is 4.79 Å². The number of nitrogens with zero attached hydrogens (tertiary/aromatic N) is 2. The minimum Gasteiger partial charge on any atom is -0.355 e. The standard InChI is InChI=1S/C14H16F2N4OS3/c1-2-7-17-11(21)8-22-14-20-19-13(24-14)18-9-3-5-10(6-4-9)23-12(15)16/h3-6,12H,2,7-8H2,1H3,(H,17,21)(H,18,19). The molecular formula is C14H16F2N4OS3. The zero-order valence-corrected chi connectivity index (χ0v) is 15.2. The second-order valence-electron chi connectivity index (χ2n) is 4.54. The van der Waals surface area contributed by atoms with Crippen molar-refractivity contribution in [3.05, 3.63) is 24.3 Å². The highest BCUT2D eigenvalue weighted by atomic mass is 32.2. The average Bonchev–Trinajstić information content (AvgIpc) is 3.00. The first-order valence-corrected chi connectivity index (χ1v) is 9.80. The molecule has 0 radical (unpaired) electrons. The lowest BCUT2D eigenvalue weighted by atomic mass is 10.3. The maximum Gasteiger partial charge on any atom is 0.288 e. The number of rotatable bonds is 9. The molecule has 1 heterocycles. The van der Waals surface area contributed by atoms with Crippen LogP contribution in [0.25, 0.3) is 0 Å². The second-order valence-corrected chi connectivity index (χ2v) is 7.80. The van der Waals surface area contributed by atoms with Crippen molar-refractivity contribution in [2.24, 2.45) is 0 Å². The molecule has 0 aliphatic rings. The Balaban J connectivity index is 1.83. The summed E-state index contributed by atoms with van der Waals surface area (Å²) in [6, 6.07) is 6.65. The summed E-state index contributed by atoms with van der Waals surface area (Å²) in [7, 11) is 0. The van der Waals surface area contributed by atoms with Gasteiger partial charge < -0.3 is 10.6 Å². The maximum absolute atomic E-state index is 12.3. The van der Waals surface area contributed by atoms with Crippen LogP contribution in [-0.4, -0.2) is 34.2 Å². The number of amides is 1. The van der Waals surface area contributed by atoms with Crippen LogP contribution in [0.5, 0.6) is 0 Å². The molecule has 130 valence electrons. The number of carbonyl (C=O) groups excluding carboxylic acids is 1. The molecule has 2 N–H and O–H groups in total. The number of nitrogens with one attached hydrogen (secondary N) is 2. The molecule has 24 heavy (non-hydrogen) atoms. The van der Waals surface area contributed by atoms with Crippen molar-refractivity contribution in [2.45, 2.75) is 28.3 Å². The lowest BCUT2D eigenvalue weighted by Crippen LogP contribution is -2.25. The largest absolute Gasteiger partial charge is 0.355 e. The van der Waals surface area contributed by atoms with Gasteiger partial charge in [0.05, 0.1) is 5.75 Å². The summed E-state index contributed by atoms with van der Waals surface area (Å²) in [5.41, 5.74) is 0.738. The van der Waals surface area contributed by atoms with E-state index < -0.39 is 5.76 Å². The van der Waals surface area contributed by atoms with Crippen LogP contribution in [0.15, 0.2) is 33.5 Å². The van der Waals surface area contributed by atoms with Gasteiger partial charge in [0.1, 0.15) is 0 Å². The molecule has 0 spiro atoms. The zero-order valence-electron chi connectivity index (χ0n) is 12.8. The van der Waals surface area contributed by atoms with Gasteiger partial charge in [-0.25, -0.2) is 0 Å². The highest BCUT2D eigenvalue weighted by Crippen LogP contribution is 2.29. The Bertz CT molecular complexity index is 652. The van der Waals surface area contributed by atoms with Crippen molar-refractivity contribution < 1.29 is 13.6 Å². The number of halogens is 2. The van der Waals surface area contributed by atoms with Gasteiger partial charge in [-0.05, 0) is 30.7 Å². The Hall–Kier alpha value is -1.39. The minimum atomic E-state index is -2.43. The van der Waals surface area contributed by atoms with E-state index in [4.69, 9.17) is 0 Å². The summed E-state index contributed by atoms with van der Waals surface area (Å²) >= 11 is 3.16. The first-order valence-electron chi connectivity index (χ1n) is 7.11. The number of carbonyl (C=O) groups is 1. The Morgan fingerprint density at radius 1 is 1.29 bits per heavy atom. The number of thioether (sulfide) groups is 2. The van der Waals surface area contributed by atoms with E-state index in [2.05, 4.69) is 20.8 Å². The summed E-state index contributed by atoms with van der Waals surface area (Å²) in [5, 5.41) is 14.4. The smallest absolute Gasteiger partial charge is 0.288 e. The first kappa shape index (κ1) is 18.9.